The number of hydrogen-bond acceptors (Lipinski definition) is 3. The highest BCUT2D eigenvalue weighted by Gasteiger charge is 2.18. The summed E-state index contributed by atoms with van der Waals surface area (Å²) in [6.07, 6.45) is 0. The maximum atomic E-state index is 12.4. The molecule has 4 nitrogen and oxygen atoms in total. The van der Waals surface area contributed by atoms with Crippen LogP contribution in [-0.2, 0) is 22.0 Å². The Morgan fingerprint density at radius 2 is 1.67 bits per heavy atom. The molecule has 1 heterocycles. The lowest BCUT2D eigenvalue weighted by atomic mass is 9.87. The van der Waals surface area contributed by atoms with Crippen molar-refractivity contribution < 1.29 is 12.8 Å². The molecule has 0 amide bonds. The van der Waals surface area contributed by atoms with Crippen LogP contribution in [0, 0.1) is 0 Å². The number of sulfonamides is 1. The normalized spacial score (nSPS) is 12.6. The summed E-state index contributed by atoms with van der Waals surface area (Å²) in [6.45, 7) is 6.40. The van der Waals surface area contributed by atoms with E-state index in [0.29, 0.717) is 5.76 Å². The number of fused-ring (bicyclic) bond motifs is 1. The van der Waals surface area contributed by atoms with Crippen LogP contribution in [0.25, 0.3) is 11.0 Å². The molecule has 126 valence electrons. The van der Waals surface area contributed by atoms with E-state index in [4.69, 9.17) is 4.42 Å². The lowest BCUT2D eigenvalue weighted by Crippen LogP contribution is -2.23. The molecule has 0 aliphatic rings. The number of hydrogen-bond donors (Lipinski definition) is 1. The lowest BCUT2D eigenvalue weighted by molar-refractivity contribution is 0.529. The van der Waals surface area contributed by atoms with Crippen molar-refractivity contribution in [2.75, 3.05) is 0 Å². The van der Waals surface area contributed by atoms with E-state index in [9.17, 15) is 8.42 Å². The van der Waals surface area contributed by atoms with Crippen LogP contribution in [0.3, 0.4) is 0 Å². The van der Waals surface area contributed by atoms with Crippen molar-refractivity contribution in [3.05, 3.63) is 65.9 Å². The van der Waals surface area contributed by atoms with Gasteiger partial charge >= 0.3 is 0 Å². The van der Waals surface area contributed by atoms with Crippen molar-refractivity contribution in [1.29, 1.82) is 0 Å². The molecule has 0 fully saturated rings. The third-order valence-electron chi connectivity index (χ3n) is 3.94. The van der Waals surface area contributed by atoms with Crippen LogP contribution in [0.2, 0.25) is 0 Å². The van der Waals surface area contributed by atoms with E-state index in [1.807, 2.05) is 42.5 Å². The second kappa shape index (κ2) is 6.07. The van der Waals surface area contributed by atoms with Gasteiger partial charge in [-0.1, -0.05) is 51.1 Å². The third kappa shape index (κ3) is 3.52. The molecule has 0 bridgehead atoms. The van der Waals surface area contributed by atoms with Gasteiger partial charge in [0, 0.05) is 5.39 Å². The van der Waals surface area contributed by atoms with Crippen LogP contribution in [0.15, 0.2) is 63.9 Å². The SMILES string of the molecule is CC(C)(C)c1ccc(S(=O)(=O)NCc2cc3ccccc3o2)cc1. The fraction of sp³-hybridized carbons (Fsp3) is 0.263. The van der Waals surface area contributed by atoms with Crippen LogP contribution in [0.5, 0.6) is 0 Å². The quantitative estimate of drug-likeness (QED) is 0.772. The lowest BCUT2D eigenvalue weighted by Gasteiger charge is -2.19. The molecule has 0 atom stereocenters. The first-order valence-corrected chi connectivity index (χ1v) is 9.32. The molecule has 0 aliphatic carbocycles. The van der Waals surface area contributed by atoms with Gasteiger partial charge < -0.3 is 4.42 Å². The molecule has 1 aromatic heterocycles. The number of rotatable bonds is 4. The highest BCUT2D eigenvalue weighted by atomic mass is 32.2. The minimum absolute atomic E-state index is 0.00992. The van der Waals surface area contributed by atoms with Gasteiger partial charge in [0.1, 0.15) is 11.3 Å². The summed E-state index contributed by atoms with van der Waals surface area (Å²) in [5.74, 6) is 0.589. The number of furan rings is 1. The second-order valence-electron chi connectivity index (χ2n) is 6.85. The first kappa shape index (κ1) is 16.7. The van der Waals surface area contributed by atoms with E-state index >= 15 is 0 Å². The summed E-state index contributed by atoms with van der Waals surface area (Å²) in [4.78, 5) is 0.256. The predicted molar refractivity (Wildman–Crippen MR) is 95.4 cm³/mol. The summed E-state index contributed by atoms with van der Waals surface area (Å²) in [7, 11) is -3.57. The first-order chi connectivity index (χ1) is 11.3. The van der Waals surface area contributed by atoms with E-state index in [2.05, 4.69) is 25.5 Å². The van der Waals surface area contributed by atoms with E-state index < -0.39 is 10.0 Å². The summed E-state index contributed by atoms with van der Waals surface area (Å²) in [6, 6.07) is 16.4. The maximum Gasteiger partial charge on any atom is 0.240 e. The molecule has 3 aromatic rings. The molecular weight excluding hydrogens is 322 g/mol. The number of para-hydroxylation sites is 1. The molecule has 0 aliphatic heterocycles. The van der Waals surface area contributed by atoms with Gasteiger partial charge in [-0.15, -0.1) is 0 Å². The fourth-order valence-corrected chi connectivity index (χ4v) is 3.50. The van der Waals surface area contributed by atoms with Gasteiger partial charge in [-0.05, 0) is 35.2 Å². The predicted octanol–water partition coefficient (Wildman–Crippen LogP) is 4.21. The molecule has 0 radical (unpaired) electrons. The average molecular weight is 343 g/mol. The molecule has 2 aromatic carbocycles. The van der Waals surface area contributed by atoms with E-state index in [-0.39, 0.29) is 16.9 Å². The molecule has 24 heavy (non-hydrogen) atoms. The van der Waals surface area contributed by atoms with E-state index in [0.717, 1.165) is 16.5 Å². The van der Waals surface area contributed by atoms with Crippen molar-refractivity contribution in [3.8, 4) is 0 Å². The van der Waals surface area contributed by atoms with Gasteiger partial charge in [-0.3, -0.25) is 0 Å². The van der Waals surface area contributed by atoms with Crippen LogP contribution in [0.4, 0.5) is 0 Å². The van der Waals surface area contributed by atoms with Gasteiger partial charge in [0.15, 0.2) is 0 Å². The van der Waals surface area contributed by atoms with Crippen molar-refractivity contribution in [2.24, 2.45) is 0 Å². The summed E-state index contributed by atoms with van der Waals surface area (Å²) in [5, 5.41) is 0.959. The highest BCUT2D eigenvalue weighted by Crippen LogP contribution is 2.24. The molecule has 0 saturated heterocycles. The van der Waals surface area contributed by atoms with Crippen molar-refractivity contribution in [3.63, 3.8) is 0 Å². The monoisotopic (exact) mass is 343 g/mol. The minimum Gasteiger partial charge on any atom is -0.460 e. The van der Waals surface area contributed by atoms with E-state index in [1.165, 1.54) is 0 Å². The molecule has 0 spiro atoms. The Labute approximate surface area is 142 Å². The van der Waals surface area contributed by atoms with Gasteiger partial charge in [-0.25, -0.2) is 13.1 Å². The fourth-order valence-electron chi connectivity index (χ4n) is 2.51. The molecule has 1 N–H and O–H groups in total. The zero-order valence-corrected chi connectivity index (χ0v) is 14.9. The smallest absolute Gasteiger partial charge is 0.240 e. The summed E-state index contributed by atoms with van der Waals surface area (Å²) in [5.41, 5.74) is 1.84. The van der Waals surface area contributed by atoms with Crippen molar-refractivity contribution >= 4 is 21.0 Å². The number of nitrogens with one attached hydrogen (secondary N) is 1. The summed E-state index contributed by atoms with van der Waals surface area (Å²) < 4.78 is 33.1. The maximum absolute atomic E-state index is 12.4. The third-order valence-corrected chi connectivity index (χ3v) is 5.36. The van der Waals surface area contributed by atoms with Crippen LogP contribution < -0.4 is 4.72 Å². The Balaban J connectivity index is 1.76. The zero-order chi connectivity index (χ0) is 17.4. The van der Waals surface area contributed by atoms with Crippen molar-refractivity contribution in [1.82, 2.24) is 4.72 Å². The second-order valence-corrected chi connectivity index (χ2v) is 8.62. The summed E-state index contributed by atoms with van der Waals surface area (Å²) >= 11 is 0. The Hall–Kier alpha value is -2.11. The zero-order valence-electron chi connectivity index (χ0n) is 14.0. The average Bonchev–Trinajstić information content (AvgIpc) is 2.95. The molecular formula is C19H21NO3S. The van der Waals surface area contributed by atoms with Crippen LogP contribution in [-0.4, -0.2) is 8.42 Å². The van der Waals surface area contributed by atoms with Gasteiger partial charge in [0.05, 0.1) is 11.4 Å². The largest absolute Gasteiger partial charge is 0.460 e. The highest BCUT2D eigenvalue weighted by molar-refractivity contribution is 7.89. The Bertz CT molecular complexity index is 915. The number of benzene rings is 2. The van der Waals surface area contributed by atoms with Crippen molar-refractivity contribution in [2.45, 2.75) is 37.6 Å². The molecule has 0 saturated carbocycles. The Kier molecular flexibility index (Phi) is 4.24. The minimum atomic E-state index is -3.57. The van der Waals surface area contributed by atoms with Gasteiger partial charge in [-0.2, -0.15) is 0 Å². The molecule has 0 unspecified atom stereocenters. The molecule has 3 rings (SSSR count). The molecule has 5 heteroatoms. The van der Waals surface area contributed by atoms with Crippen LogP contribution >= 0.6 is 0 Å². The van der Waals surface area contributed by atoms with Crippen LogP contribution in [0.1, 0.15) is 32.1 Å². The van der Waals surface area contributed by atoms with Gasteiger partial charge in [0.25, 0.3) is 0 Å². The van der Waals surface area contributed by atoms with E-state index in [1.54, 1.807) is 12.1 Å². The first-order valence-electron chi connectivity index (χ1n) is 7.83. The Morgan fingerprint density at radius 3 is 2.29 bits per heavy atom. The van der Waals surface area contributed by atoms with Gasteiger partial charge in [0.2, 0.25) is 10.0 Å². The topological polar surface area (TPSA) is 59.3 Å². The standard InChI is InChI=1S/C19H21NO3S/c1-19(2,3)15-8-10-17(11-9-15)24(21,22)20-13-16-12-14-6-4-5-7-18(14)23-16/h4-12,20H,13H2,1-3H3. The Morgan fingerprint density at radius 1 is 1.00 bits per heavy atom.